The van der Waals surface area contributed by atoms with E-state index < -0.39 is 17.8 Å². The van der Waals surface area contributed by atoms with Gasteiger partial charge in [-0.2, -0.15) is 5.10 Å². The predicted molar refractivity (Wildman–Crippen MR) is 166 cm³/mol. The van der Waals surface area contributed by atoms with E-state index in [0.717, 1.165) is 4.88 Å². The molecule has 11 nitrogen and oxygen atoms in total. The summed E-state index contributed by atoms with van der Waals surface area (Å²) in [5.41, 5.74) is 3.55. The minimum absolute atomic E-state index is 0.0186. The molecule has 0 saturated carbocycles. The van der Waals surface area contributed by atoms with Gasteiger partial charge in [0.15, 0.2) is 23.0 Å². The van der Waals surface area contributed by atoms with Gasteiger partial charge in [-0.3, -0.25) is 9.59 Å². The zero-order chi connectivity index (χ0) is 31.5. The van der Waals surface area contributed by atoms with E-state index in [9.17, 15) is 14.4 Å². The molecule has 0 bridgehead atoms. The zero-order valence-electron chi connectivity index (χ0n) is 24.3. The number of rotatable bonds is 12. The van der Waals surface area contributed by atoms with Crippen molar-refractivity contribution in [3.8, 4) is 28.7 Å². The molecule has 0 spiro atoms. The molecule has 0 unspecified atom stereocenters. The molecular formula is C32H29N3O8S. The minimum Gasteiger partial charge on any atom is -0.493 e. The molecule has 2 N–H and O–H groups in total. The number of hydrazone groups is 1. The first kappa shape index (κ1) is 31.3. The first-order valence-electron chi connectivity index (χ1n) is 13.0. The van der Waals surface area contributed by atoms with Crippen molar-refractivity contribution < 1.29 is 38.1 Å². The lowest BCUT2D eigenvalue weighted by molar-refractivity contribution is -0.117. The molecule has 0 aliphatic heterocycles. The van der Waals surface area contributed by atoms with Gasteiger partial charge < -0.3 is 29.0 Å². The van der Waals surface area contributed by atoms with Crippen LogP contribution < -0.4 is 34.4 Å². The summed E-state index contributed by atoms with van der Waals surface area (Å²) >= 11 is 1.41. The minimum atomic E-state index is -0.682. The van der Waals surface area contributed by atoms with Crippen LogP contribution in [0.25, 0.3) is 6.08 Å². The molecule has 3 aromatic carbocycles. The fourth-order valence-electron chi connectivity index (χ4n) is 3.89. The van der Waals surface area contributed by atoms with Gasteiger partial charge in [0.05, 0.1) is 40.2 Å². The van der Waals surface area contributed by atoms with Crippen molar-refractivity contribution in [2.75, 3.05) is 28.4 Å². The molecule has 12 heteroatoms. The molecule has 0 fully saturated rings. The number of carbonyl (C=O) groups excluding carboxylic acids is 3. The Kier molecular flexibility index (Phi) is 10.7. The third-order valence-corrected chi connectivity index (χ3v) is 6.85. The van der Waals surface area contributed by atoms with E-state index in [4.69, 9.17) is 23.7 Å². The van der Waals surface area contributed by atoms with E-state index >= 15 is 0 Å². The van der Waals surface area contributed by atoms with Crippen molar-refractivity contribution in [2.45, 2.75) is 0 Å². The molecular weight excluding hydrogens is 586 g/mol. The van der Waals surface area contributed by atoms with E-state index in [2.05, 4.69) is 15.8 Å². The molecule has 4 rings (SSSR count). The fraction of sp³-hybridized carbons (Fsp3) is 0.125. The van der Waals surface area contributed by atoms with Gasteiger partial charge in [-0.15, -0.1) is 11.3 Å². The van der Waals surface area contributed by atoms with Gasteiger partial charge in [0.25, 0.3) is 11.8 Å². The predicted octanol–water partition coefficient (Wildman–Crippen LogP) is 4.92. The van der Waals surface area contributed by atoms with Gasteiger partial charge in [-0.25, -0.2) is 10.2 Å². The summed E-state index contributed by atoms with van der Waals surface area (Å²) < 4.78 is 26.9. The highest BCUT2D eigenvalue weighted by Gasteiger charge is 2.20. The summed E-state index contributed by atoms with van der Waals surface area (Å²) in [5, 5.41) is 8.53. The Morgan fingerprint density at radius 3 is 2.07 bits per heavy atom. The lowest BCUT2D eigenvalue weighted by atomic mass is 10.1. The Hall–Kier alpha value is -5.62. The number of amides is 2. The van der Waals surface area contributed by atoms with Crippen molar-refractivity contribution >= 4 is 41.4 Å². The van der Waals surface area contributed by atoms with Gasteiger partial charge >= 0.3 is 5.97 Å². The summed E-state index contributed by atoms with van der Waals surface area (Å²) in [7, 11) is 5.77. The lowest BCUT2D eigenvalue weighted by Gasteiger charge is -2.14. The van der Waals surface area contributed by atoms with Crippen LogP contribution in [0.4, 0.5) is 0 Å². The Labute approximate surface area is 257 Å². The second-order valence-corrected chi connectivity index (χ2v) is 9.79. The first-order chi connectivity index (χ1) is 21.4. The van der Waals surface area contributed by atoms with Crippen LogP contribution in [-0.2, 0) is 4.79 Å². The van der Waals surface area contributed by atoms with Crippen LogP contribution in [0.5, 0.6) is 28.7 Å². The second-order valence-electron chi connectivity index (χ2n) is 8.81. The SMILES string of the molecule is COc1cc(/C=N/NC(=O)/C(=C/c2cccs2)NC(=O)c2ccccc2)ccc1OC(=O)c1cc(OC)c(OC)c(OC)c1. The summed E-state index contributed by atoms with van der Waals surface area (Å²) in [6.07, 6.45) is 2.95. The van der Waals surface area contributed by atoms with E-state index in [-0.39, 0.29) is 22.8 Å². The van der Waals surface area contributed by atoms with Crippen LogP contribution in [0.2, 0.25) is 0 Å². The van der Waals surface area contributed by atoms with Crippen molar-refractivity contribution in [2.24, 2.45) is 5.10 Å². The highest BCUT2D eigenvalue weighted by Crippen LogP contribution is 2.38. The number of methoxy groups -OCH3 is 4. The molecule has 4 aromatic rings. The number of hydrogen-bond acceptors (Lipinski definition) is 10. The van der Waals surface area contributed by atoms with E-state index in [1.165, 1.54) is 64.2 Å². The highest BCUT2D eigenvalue weighted by molar-refractivity contribution is 7.10. The van der Waals surface area contributed by atoms with Gasteiger partial charge in [0.2, 0.25) is 5.75 Å². The summed E-state index contributed by atoms with van der Waals surface area (Å²) in [4.78, 5) is 39.4. The van der Waals surface area contributed by atoms with Crippen LogP contribution in [0, 0.1) is 0 Å². The number of thiophene rings is 1. The summed E-state index contributed by atoms with van der Waals surface area (Å²) in [6, 6.07) is 19.9. The topological polar surface area (TPSA) is 134 Å². The molecule has 1 heterocycles. The Morgan fingerprint density at radius 2 is 1.45 bits per heavy atom. The molecule has 226 valence electrons. The number of benzene rings is 3. The van der Waals surface area contributed by atoms with Crippen LogP contribution in [0.1, 0.15) is 31.2 Å². The number of esters is 1. The summed E-state index contributed by atoms with van der Waals surface area (Å²) in [6.45, 7) is 0. The van der Waals surface area contributed by atoms with Crippen molar-refractivity contribution in [1.29, 1.82) is 0 Å². The molecule has 0 aliphatic rings. The molecule has 0 aliphatic carbocycles. The normalized spacial score (nSPS) is 11.0. The maximum absolute atomic E-state index is 13.0. The van der Waals surface area contributed by atoms with Crippen LogP contribution in [0.3, 0.4) is 0 Å². The van der Waals surface area contributed by atoms with Crippen LogP contribution >= 0.6 is 11.3 Å². The van der Waals surface area contributed by atoms with E-state index in [1.807, 2.05) is 17.5 Å². The highest BCUT2D eigenvalue weighted by atomic mass is 32.1. The monoisotopic (exact) mass is 615 g/mol. The molecule has 44 heavy (non-hydrogen) atoms. The standard InChI is InChI=1S/C32H29N3O8S/c1-39-26-15-20(12-13-25(26)43-32(38)22-16-27(40-2)29(42-4)28(17-22)41-3)19-33-35-31(37)24(18-23-11-8-14-44-23)34-30(36)21-9-6-5-7-10-21/h5-19H,1-4H3,(H,34,36)(H,35,37)/b24-18-,33-19+. The van der Waals surface area contributed by atoms with E-state index in [0.29, 0.717) is 28.4 Å². The third-order valence-electron chi connectivity index (χ3n) is 6.03. The molecule has 0 atom stereocenters. The second kappa shape index (κ2) is 15.0. The van der Waals surface area contributed by atoms with Gasteiger partial charge in [-0.05, 0) is 65.6 Å². The summed E-state index contributed by atoms with van der Waals surface area (Å²) in [5.74, 6) is -0.409. The Bertz CT molecular complexity index is 1660. The maximum Gasteiger partial charge on any atom is 0.343 e. The first-order valence-corrected chi connectivity index (χ1v) is 13.9. The number of nitrogens with one attached hydrogen (secondary N) is 2. The average molecular weight is 616 g/mol. The third kappa shape index (κ3) is 7.81. The molecule has 0 radical (unpaired) electrons. The van der Waals surface area contributed by atoms with Crippen molar-refractivity contribution in [1.82, 2.24) is 10.7 Å². The van der Waals surface area contributed by atoms with Gasteiger partial charge in [0, 0.05) is 10.4 Å². The van der Waals surface area contributed by atoms with Gasteiger partial charge in [0.1, 0.15) is 5.70 Å². The zero-order valence-corrected chi connectivity index (χ0v) is 25.1. The quantitative estimate of drug-likeness (QED) is 0.0754. The van der Waals surface area contributed by atoms with E-state index in [1.54, 1.807) is 48.5 Å². The number of hydrogen-bond donors (Lipinski definition) is 2. The van der Waals surface area contributed by atoms with Crippen molar-refractivity contribution in [3.05, 3.63) is 105 Å². The maximum atomic E-state index is 13.0. The molecule has 0 saturated heterocycles. The van der Waals surface area contributed by atoms with Crippen LogP contribution in [0.15, 0.2) is 89.0 Å². The largest absolute Gasteiger partial charge is 0.493 e. The Balaban J connectivity index is 1.47. The molecule has 2 amide bonds. The average Bonchev–Trinajstić information content (AvgIpc) is 3.57. The number of ether oxygens (including phenoxy) is 5. The fourth-order valence-corrected chi connectivity index (χ4v) is 4.55. The Morgan fingerprint density at radius 1 is 0.750 bits per heavy atom. The van der Waals surface area contributed by atoms with Crippen molar-refractivity contribution in [3.63, 3.8) is 0 Å². The van der Waals surface area contributed by atoms with Gasteiger partial charge in [-0.1, -0.05) is 24.3 Å². The van der Waals surface area contributed by atoms with Crippen LogP contribution in [-0.4, -0.2) is 52.4 Å². The smallest absolute Gasteiger partial charge is 0.343 e. The lowest BCUT2D eigenvalue weighted by Crippen LogP contribution is -2.32. The number of nitrogens with zero attached hydrogens (tertiary/aromatic N) is 1. The molecule has 1 aromatic heterocycles. The number of carbonyl (C=O) groups is 3.